The van der Waals surface area contributed by atoms with Gasteiger partial charge in [0, 0.05) is 34.6 Å². The summed E-state index contributed by atoms with van der Waals surface area (Å²) in [7, 11) is 0. The molecule has 0 aliphatic carbocycles. The molecular weight excluding hydrogens is 312 g/mol. The zero-order valence-corrected chi connectivity index (χ0v) is 13.3. The van der Waals surface area contributed by atoms with Crippen LogP contribution in [0.3, 0.4) is 0 Å². The topological polar surface area (TPSA) is 131 Å². The number of pyridine rings is 2. The van der Waals surface area contributed by atoms with Crippen LogP contribution in [0.5, 0.6) is 11.5 Å². The van der Waals surface area contributed by atoms with Gasteiger partial charge in [0.1, 0.15) is 11.5 Å². The van der Waals surface area contributed by atoms with E-state index in [2.05, 4.69) is 20.2 Å². The second kappa shape index (κ2) is 7.62. The summed E-state index contributed by atoms with van der Waals surface area (Å²) in [5.41, 5.74) is 2.27. The maximum Gasteiger partial charge on any atom is 0.145 e. The highest BCUT2D eigenvalue weighted by Crippen LogP contribution is 2.23. The molecule has 2 aromatic rings. The molecule has 8 nitrogen and oxygen atoms in total. The van der Waals surface area contributed by atoms with Gasteiger partial charge in [-0.15, -0.1) is 0 Å². The molecule has 0 amide bonds. The first-order chi connectivity index (χ1) is 11.5. The minimum atomic E-state index is -0.301. The molecule has 0 fully saturated rings. The second-order valence-corrected chi connectivity index (χ2v) is 5.07. The van der Waals surface area contributed by atoms with Gasteiger partial charge in [0.15, 0.2) is 0 Å². The van der Waals surface area contributed by atoms with Gasteiger partial charge >= 0.3 is 0 Å². The average molecular weight is 330 g/mol. The van der Waals surface area contributed by atoms with Crippen LogP contribution in [0.15, 0.2) is 22.6 Å². The Morgan fingerprint density at radius 3 is 1.54 bits per heavy atom. The van der Waals surface area contributed by atoms with Crippen molar-refractivity contribution in [3.63, 3.8) is 0 Å². The minimum Gasteiger partial charge on any atom is -0.505 e. The number of aromatic nitrogens is 2. The smallest absolute Gasteiger partial charge is 0.145 e. The van der Waals surface area contributed by atoms with E-state index in [0.717, 1.165) is 0 Å². The highest BCUT2D eigenvalue weighted by atomic mass is 16.3. The Balaban J connectivity index is 2.32. The highest BCUT2D eigenvalue weighted by molar-refractivity contribution is 5.88. The molecule has 0 atom stereocenters. The first-order valence-electron chi connectivity index (χ1n) is 7.12. The third-order valence-electron chi connectivity index (χ3n) is 3.50. The Labute approximate surface area is 138 Å². The molecular formula is C16H18N4O4. The molecule has 0 unspecified atom stereocenters. The highest BCUT2D eigenvalue weighted by Gasteiger charge is 2.10. The molecule has 2 rings (SSSR count). The maximum atomic E-state index is 9.99. The zero-order valence-electron chi connectivity index (χ0n) is 13.3. The third-order valence-corrected chi connectivity index (χ3v) is 3.50. The zero-order chi connectivity index (χ0) is 17.7. The van der Waals surface area contributed by atoms with E-state index < -0.39 is 0 Å². The molecule has 126 valence electrons. The quantitative estimate of drug-likeness (QED) is 0.476. The molecule has 2 heterocycles. The van der Waals surface area contributed by atoms with E-state index in [0.29, 0.717) is 33.6 Å². The maximum absolute atomic E-state index is 9.99. The van der Waals surface area contributed by atoms with Gasteiger partial charge in [-0.05, 0) is 13.8 Å². The van der Waals surface area contributed by atoms with Crippen molar-refractivity contribution in [2.75, 3.05) is 0 Å². The lowest BCUT2D eigenvalue weighted by atomic mass is 10.1. The van der Waals surface area contributed by atoms with Crippen molar-refractivity contribution in [2.24, 2.45) is 10.2 Å². The van der Waals surface area contributed by atoms with Crippen molar-refractivity contribution < 1.29 is 20.4 Å². The van der Waals surface area contributed by atoms with Crippen LogP contribution in [0.2, 0.25) is 0 Å². The number of nitrogens with zero attached hydrogens (tertiary/aromatic N) is 4. The average Bonchev–Trinajstić information content (AvgIpc) is 2.58. The third kappa shape index (κ3) is 3.55. The van der Waals surface area contributed by atoms with E-state index in [1.165, 1.54) is 24.8 Å². The molecule has 0 saturated carbocycles. The molecule has 0 bridgehead atoms. The Hall–Kier alpha value is -2.84. The summed E-state index contributed by atoms with van der Waals surface area (Å²) in [6.07, 6.45) is 5.47. The van der Waals surface area contributed by atoms with Crippen molar-refractivity contribution in [1.29, 1.82) is 0 Å². The molecule has 8 heteroatoms. The van der Waals surface area contributed by atoms with Crippen molar-refractivity contribution in [3.8, 4) is 11.5 Å². The number of rotatable bonds is 5. The number of hydrogen-bond donors (Lipinski definition) is 4. The molecule has 0 aliphatic rings. The molecule has 4 N–H and O–H groups in total. The van der Waals surface area contributed by atoms with Gasteiger partial charge in [-0.25, -0.2) is 0 Å². The minimum absolute atomic E-state index is 0.0841. The monoisotopic (exact) mass is 330 g/mol. The lowest BCUT2D eigenvalue weighted by Gasteiger charge is -2.07. The van der Waals surface area contributed by atoms with E-state index >= 15 is 0 Å². The van der Waals surface area contributed by atoms with Crippen LogP contribution < -0.4 is 0 Å². The summed E-state index contributed by atoms with van der Waals surface area (Å²) < 4.78 is 0. The van der Waals surface area contributed by atoms with Gasteiger partial charge in [-0.1, -0.05) is 0 Å². The van der Waals surface area contributed by atoms with Gasteiger partial charge in [0.25, 0.3) is 0 Å². The van der Waals surface area contributed by atoms with Gasteiger partial charge in [-0.3, -0.25) is 9.97 Å². The largest absolute Gasteiger partial charge is 0.505 e. The van der Waals surface area contributed by atoms with Crippen LogP contribution in [0.4, 0.5) is 0 Å². The van der Waals surface area contributed by atoms with Crippen molar-refractivity contribution >= 4 is 12.4 Å². The van der Waals surface area contributed by atoms with Crippen molar-refractivity contribution in [3.05, 3.63) is 46.0 Å². The van der Waals surface area contributed by atoms with Gasteiger partial charge < -0.3 is 20.4 Å². The Morgan fingerprint density at radius 2 is 1.21 bits per heavy atom. The first kappa shape index (κ1) is 17.5. The number of aryl methyl sites for hydroxylation is 2. The number of aromatic hydroxyl groups is 2. The molecule has 0 radical (unpaired) electrons. The predicted molar refractivity (Wildman–Crippen MR) is 88.3 cm³/mol. The van der Waals surface area contributed by atoms with Crippen LogP contribution in [0.1, 0.15) is 33.6 Å². The normalized spacial score (nSPS) is 11.7. The Morgan fingerprint density at radius 1 is 0.833 bits per heavy atom. The second-order valence-electron chi connectivity index (χ2n) is 5.07. The summed E-state index contributed by atoms with van der Waals surface area (Å²) in [4.78, 5) is 7.90. The molecule has 0 aromatic carbocycles. The number of aliphatic hydroxyl groups is 2. The van der Waals surface area contributed by atoms with Crippen LogP contribution in [-0.4, -0.2) is 42.8 Å². The van der Waals surface area contributed by atoms with E-state index in [4.69, 9.17) is 0 Å². The molecule has 0 aliphatic heterocycles. The fourth-order valence-electron chi connectivity index (χ4n) is 2.03. The lowest BCUT2D eigenvalue weighted by Crippen LogP contribution is -1.98. The van der Waals surface area contributed by atoms with Gasteiger partial charge in [0.05, 0.1) is 37.0 Å². The predicted octanol–water partition coefficient (Wildman–Crippen LogP) is 0.942. The number of aliphatic hydroxyl groups excluding tert-OH is 2. The summed E-state index contributed by atoms with van der Waals surface area (Å²) in [5.74, 6) is -0.168. The standard InChI is InChI=1S/C16H18N4O4/c1-9-15(23)13(11(7-21)3-17-9)5-19-20-6-14-12(8-22)4-18-10(2)16(14)24/h3-6,21-24H,7-8H2,1-2H3/b19-5-,20-6+. The molecule has 0 spiro atoms. The van der Waals surface area contributed by atoms with E-state index in [1.54, 1.807) is 13.8 Å². The molecule has 0 saturated heterocycles. The van der Waals surface area contributed by atoms with Gasteiger partial charge in [0.2, 0.25) is 0 Å². The van der Waals surface area contributed by atoms with Crippen molar-refractivity contribution in [2.45, 2.75) is 27.1 Å². The number of hydrogen-bond acceptors (Lipinski definition) is 8. The van der Waals surface area contributed by atoms with Gasteiger partial charge in [-0.2, -0.15) is 10.2 Å². The summed E-state index contributed by atoms with van der Waals surface area (Å²) in [5, 5.41) is 46.2. The van der Waals surface area contributed by atoms with E-state index in [9.17, 15) is 20.4 Å². The van der Waals surface area contributed by atoms with Crippen LogP contribution in [0.25, 0.3) is 0 Å². The van der Waals surface area contributed by atoms with Crippen LogP contribution in [0, 0.1) is 13.8 Å². The first-order valence-corrected chi connectivity index (χ1v) is 7.12. The lowest BCUT2D eigenvalue weighted by molar-refractivity contribution is 0.280. The Kier molecular flexibility index (Phi) is 5.56. The SMILES string of the molecule is Cc1ncc(CO)c(/C=N\N=C\c2c(CO)cnc(C)c2O)c1O. The summed E-state index contributed by atoms with van der Waals surface area (Å²) in [6, 6.07) is 0. The summed E-state index contributed by atoms with van der Waals surface area (Å²) in [6.45, 7) is 2.65. The van der Waals surface area contributed by atoms with Crippen molar-refractivity contribution in [1.82, 2.24) is 9.97 Å². The summed E-state index contributed by atoms with van der Waals surface area (Å²) >= 11 is 0. The molecule has 2 aromatic heterocycles. The molecule has 24 heavy (non-hydrogen) atoms. The Bertz CT molecular complexity index is 736. The fraction of sp³-hybridized carbons (Fsp3) is 0.250. The van der Waals surface area contributed by atoms with E-state index in [-0.39, 0.29) is 24.7 Å². The van der Waals surface area contributed by atoms with E-state index in [1.807, 2.05) is 0 Å². The fourth-order valence-corrected chi connectivity index (χ4v) is 2.03. The van der Waals surface area contributed by atoms with Crippen LogP contribution in [-0.2, 0) is 13.2 Å². The van der Waals surface area contributed by atoms with Crippen LogP contribution >= 0.6 is 0 Å².